The summed E-state index contributed by atoms with van der Waals surface area (Å²) in [5, 5.41) is 0. The minimum absolute atomic E-state index is 0.385. The number of amidine groups is 1. The molecule has 0 aliphatic heterocycles. The Bertz CT molecular complexity index is 205. The zero-order valence-corrected chi connectivity index (χ0v) is 10.4. The van der Waals surface area contributed by atoms with Gasteiger partial charge >= 0.3 is 0 Å². The lowest BCUT2D eigenvalue weighted by molar-refractivity contribution is 0.618. The van der Waals surface area contributed by atoms with Crippen molar-refractivity contribution in [3.8, 4) is 0 Å². The lowest BCUT2D eigenvalue weighted by Crippen LogP contribution is -2.27. The molecule has 0 aromatic heterocycles. The second-order valence-electron chi connectivity index (χ2n) is 4.49. The SMILES string of the molecule is CSC1(CN=C(N)C(C)C)CCCC1. The van der Waals surface area contributed by atoms with Crippen LogP contribution in [-0.4, -0.2) is 23.4 Å². The summed E-state index contributed by atoms with van der Waals surface area (Å²) in [7, 11) is 0. The molecule has 1 fully saturated rings. The molecule has 82 valence electrons. The second-order valence-corrected chi connectivity index (χ2v) is 5.76. The van der Waals surface area contributed by atoms with E-state index in [1.165, 1.54) is 25.7 Å². The largest absolute Gasteiger partial charge is 0.387 e. The molecule has 0 unspecified atom stereocenters. The van der Waals surface area contributed by atoms with Gasteiger partial charge < -0.3 is 5.73 Å². The highest BCUT2D eigenvalue weighted by molar-refractivity contribution is 8.00. The molecule has 0 atom stereocenters. The van der Waals surface area contributed by atoms with E-state index in [-0.39, 0.29) is 0 Å². The van der Waals surface area contributed by atoms with Crippen molar-refractivity contribution in [2.45, 2.75) is 44.3 Å². The van der Waals surface area contributed by atoms with Crippen LogP contribution >= 0.6 is 11.8 Å². The van der Waals surface area contributed by atoms with E-state index in [1.807, 2.05) is 11.8 Å². The fraction of sp³-hybridized carbons (Fsp3) is 0.909. The molecule has 0 amide bonds. The van der Waals surface area contributed by atoms with Gasteiger partial charge in [0.15, 0.2) is 0 Å². The molecule has 0 aromatic carbocycles. The van der Waals surface area contributed by atoms with Crippen LogP contribution in [0.15, 0.2) is 4.99 Å². The van der Waals surface area contributed by atoms with Gasteiger partial charge in [-0.1, -0.05) is 26.7 Å². The number of nitrogens with zero attached hydrogens (tertiary/aromatic N) is 1. The van der Waals surface area contributed by atoms with E-state index in [0.717, 1.165) is 12.4 Å². The standard InChI is InChI=1S/C11H22N2S/c1-9(2)10(12)13-8-11(14-3)6-4-5-7-11/h9H,4-8H2,1-3H3,(H2,12,13). The maximum Gasteiger partial charge on any atom is 0.0963 e. The van der Waals surface area contributed by atoms with Gasteiger partial charge in [0, 0.05) is 10.7 Å². The molecule has 0 spiro atoms. The molecule has 0 saturated heterocycles. The van der Waals surface area contributed by atoms with Gasteiger partial charge in [0.05, 0.1) is 12.4 Å². The Balaban J connectivity index is 2.53. The smallest absolute Gasteiger partial charge is 0.0963 e. The number of thioether (sulfide) groups is 1. The van der Waals surface area contributed by atoms with Crippen LogP contribution in [0.4, 0.5) is 0 Å². The number of hydrogen-bond donors (Lipinski definition) is 1. The van der Waals surface area contributed by atoms with Gasteiger partial charge in [0.2, 0.25) is 0 Å². The normalized spacial score (nSPS) is 21.9. The molecule has 1 saturated carbocycles. The molecule has 0 bridgehead atoms. The lowest BCUT2D eigenvalue weighted by Gasteiger charge is -2.24. The quantitative estimate of drug-likeness (QED) is 0.577. The third-order valence-electron chi connectivity index (χ3n) is 3.09. The van der Waals surface area contributed by atoms with Crippen LogP contribution < -0.4 is 5.73 Å². The van der Waals surface area contributed by atoms with Crippen molar-refractivity contribution >= 4 is 17.6 Å². The van der Waals surface area contributed by atoms with Crippen molar-refractivity contribution < 1.29 is 0 Å². The summed E-state index contributed by atoms with van der Waals surface area (Å²) in [4.78, 5) is 4.52. The summed E-state index contributed by atoms with van der Waals surface area (Å²) in [6, 6.07) is 0. The predicted molar refractivity (Wildman–Crippen MR) is 66.0 cm³/mol. The first kappa shape index (κ1) is 11.9. The van der Waals surface area contributed by atoms with Crippen LogP contribution in [0, 0.1) is 5.92 Å². The third kappa shape index (κ3) is 2.91. The zero-order valence-electron chi connectivity index (χ0n) is 9.55. The van der Waals surface area contributed by atoms with Gasteiger partial charge in [-0.3, -0.25) is 4.99 Å². The summed E-state index contributed by atoms with van der Waals surface area (Å²) in [5.41, 5.74) is 5.85. The van der Waals surface area contributed by atoms with Crippen molar-refractivity contribution in [1.29, 1.82) is 0 Å². The van der Waals surface area contributed by atoms with Crippen LogP contribution in [0.3, 0.4) is 0 Å². The maximum absolute atomic E-state index is 5.85. The van der Waals surface area contributed by atoms with Gasteiger partial charge in [-0.15, -0.1) is 0 Å². The van der Waals surface area contributed by atoms with E-state index in [2.05, 4.69) is 25.1 Å². The van der Waals surface area contributed by atoms with Crippen molar-refractivity contribution in [3.05, 3.63) is 0 Å². The molecular weight excluding hydrogens is 192 g/mol. The third-order valence-corrected chi connectivity index (χ3v) is 4.49. The Morgan fingerprint density at radius 3 is 2.43 bits per heavy atom. The molecule has 0 radical (unpaired) electrons. The zero-order chi connectivity index (χ0) is 10.6. The fourth-order valence-corrected chi connectivity index (χ4v) is 2.75. The van der Waals surface area contributed by atoms with Gasteiger partial charge in [-0.25, -0.2) is 0 Å². The number of hydrogen-bond acceptors (Lipinski definition) is 2. The van der Waals surface area contributed by atoms with Gasteiger partial charge in [0.1, 0.15) is 0 Å². The van der Waals surface area contributed by atoms with Crippen LogP contribution in [0.25, 0.3) is 0 Å². The Morgan fingerprint density at radius 1 is 1.43 bits per heavy atom. The first-order valence-corrected chi connectivity index (χ1v) is 6.67. The van der Waals surface area contributed by atoms with Gasteiger partial charge in [-0.05, 0) is 19.1 Å². The molecular formula is C11H22N2S. The van der Waals surface area contributed by atoms with E-state index in [1.54, 1.807) is 0 Å². The second kappa shape index (κ2) is 5.06. The summed E-state index contributed by atoms with van der Waals surface area (Å²) >= 11 is 1.97. The molecule has 2 N–H and O–H groups in total. The highest BCUT2D eigenvalue weighted by Crippen LogP contribution is 2.40. The molecule has 1 rings (SSSR count). The first-order valence-electron chi connectivity index (χ1n) is 5.44. The average Bonchev–Trinajstić information content (AvgIpc) is 2.63. The first-order chi connectivity index (χ1) is 6.59. The van der Waals surface area contributed by atoms with Crippen LogP contribution in [0.2, 0.25) is 0 Å². The lowest BCUT2D eigenvalue weighted by atomic mass is 10.1. The predicted octanol–water partition coefficient (Wildman–Crippen LogP) is 2.68. The highest BCUT2D eigenvalue weighted by atomic mass is 32.2. The Hall–Kier alpha value is -0.180. The summed E-state index contributed by atoms with van der Waals surface area (Å²) < 4.78 is 0.402. The molecule has 3 heteroatoms. The maximum atomic E-state index is 5.85. The molecule has 0 heterocycles. The Morgan fingerprint density at radius 2 is 2.00 bits per heavy atom. The molecule has 1 aliphatic carbocycles. The topological polar surface area (TPSA) is 38.4 Å². The molecule has 1 aliphatic rings. The molecule has 14 heavy (non-hydrogen) atoms. The monoisotopic (exact) mass is 214 g/mol. The summed E-state index contributed by atoms with van der Waals surface area (Å²) in [6.45, 7) is 5.11. The van der Waals surface area contributed by atoms with E-state index >= 15 is 0 Å². The Kier molecular flexibility index (Phi) is 4.30. The molecule has 0 aromatic rings. The molecule has 2 nitrogen and oxygen atoms in total. The minimum Gasteiger partial charge on any atom is -0.387 e. The van der Waals surface area contributed by atoms with E-state index < -0.39 is 0 Å². The van der Waals surface area contributed by atoms with Crippen molar-refractivity contribution in [2.75, 3.05) is 12.8 Å². The van der Waals surface area contributed by atoms with Gasteiger partial charge in [0.25, 0.3) is 0 Å². The van der Waals surface area contributed by atoms with E-state index in [9.17, 15) is 0 Å². The van der Waals surface area contributed by atoms with Crippen LogP contribution in [-0.2, 0) is 0 Å². The summed E-state index contributed by atoms with van der Waals surface area (Å²) in [6.07, 6.45) is 7.54. The highest BCUT2D eigenvalue weighted by Gasteiger charge is 2.32. The summed E-state index contributed by atoms with van der Waals surface area (Å²) in [5.74, 6) is 1.20. The van der Waals surface area contributed by atoms with E-state index in [4.69, 9.17) is 5.73 Å². The van der Waals surface area contributed by atoms with Crippen LogP contribution in [0.1, 0.15) is 39.5 Å². The number of nitrogens with two attached hydrogens (primary N) is 1. The number of aliphatic imine (C=N–C) groups is 1. The van der Waals surface area contributed by atoms with Crippen molar-refractivity contribution in [2.24, 2.45) is 16.6 Å². The van der Waals surface area contributed by atoms with Crippen LogP contribution in [0.5, 0.6) is 0 Å². The van der Waals surface area contributed by atoms with Gasteiger partial charge in [-0.2, -0.15) is 11.8 Å². The number of rotatable bonds is 4. The average molecular weight is 214 g/mol. The van der Waals surface area contributed by atoms with Crippen molar-refractivity contribution in [1.82, 2.24) is 0 Å². The van der Waals surface area contributed by atoms with Crippen molar-refractivity contribution in [3.63, 3.8) is 0 Å². The Labute approximate surface area is 91.7 Å². The van der Waals surface area contributed by atoms with E-state index in [0.29, 0.717) is 10.7 Å². The fourth-order valence-electron chi connectivity index (χ4n) is 1.86. The minimum atomic E-state index is 0.385.